The van der Waals surface area contributed by atoms with E-state index in [-0.39, 0.29) is 6.10 Å². The summed E-state index contributed by atoms with van der Waals surface area (Å²) in [7, 11) is 1.72. The van der Waals surface area contributed by atoms with E-state index in [2.05, 4.69) is 43.0 Å². The molecule has 19 heavy (non-hydrogen) atoms. The van der Waals surface area contributed by atoms with Gasteiger partial charge >= 0.3 is 0 Å². The Balaban J connectivity index is 3.17. The van der Waals surface area contributed by atoms with Crippen molar-refractivity contribution >= 4 is 5.82 Å². The fourth-order valence-electron chi connectivity index (χ4n) is 2.23. The molecule has 0 aliphatic heterocycles. The van der Waals surface area contributed by atoms with E-state index in [0.717, 1.165) is 36.7 Å². The molecule has 0 saturated carbocycles. The quantitative estimate of drug-likeness (QED) is 0.819. The summed E-state index contributed by atoms with van der Waals surface area (Å²) < 4.78 is 5.53. The summed E-state index contributed by atoms with van der Waals surface area (Å²) in [4.78, 5) is 9.32. The van der Waals surface area contributed by atoms with Gasteiger partial charge in [-0.15, -0.1) is 0 Å². The van der Waals surface area contributed by atoms with Gasteiger partial charge in [-0.25, -0.2) is 9.97 Å². The highest BCUT2D eigenvalue weighted by Gasteiger charge is 2.20. The standard InChI is InChI=1S/C15H27N3O/c1-7-9-16-14-12(8-2)11(5)17-15(18-14)13(19-6)10(3)4/h10,13H,7-9H2,1-6H3,(H,16,17,18). The Labute approximate surface area is 117 Å². The van der Waals surface area contributed by atoms with Gasteiger partial charge in [-0.1, -0.05) is 27.7 Å². The summed E-state index contributed by atoms with van der Waals surface area (Å²) in [5, 5.41) is 3.41. The number of methoxy groups -OCH3 is 1. The van der Waals surface area contributed by atoms with Crippen LogP contribution in [0.5, 0.6) is 0 Å². The molecule has 0 saturated heterocycles. The SMILES string of the molecule is CCCNc1nc(C(OC)C(C)C)nc(C)c1CC. The first kappa shape index (κ1) is 15.9. The Morgan fingerprint density at radius 2 is 1.89 bits per heavy atom. The summed E-state index contributed by atoms with van der Waals surface area (Å²) in [6.07, 6.45) is 1.98. The molecular formula is C15H27N3O. The predicted octanol–water partition coefficient (Wildman–Crippen LogP) is 3.51. The van der Waals surface area contributed by atoms with Crippen LogP contribution in [0.25, 0.3) is 0 Å². The van der Waals surface area contributed by atoms with Crippen molar-refractivity contribution < 1.29 is 4.74 Å². The average Bonchev–Trinajstić information content (AvgIpc) is 2.36. The second-order valence-corrected chi connectivity index (χ2v) is 5.18. The first-order valence-corrected chi connectivity index (χ1v) is 7.19. The van der Waals surface area contributed by atoms with Gasteiger partial charge in [-0.05, 0) is 25.7 Å². The Morgan fingerprint density at radius 3 is 2.37 bits per heavy atom. The zero-order chi connectivity index (χ0) is 14.4. The predicted molar refractivity (Wildman–Crippen MR) is 79.5 cm³/mol. The molecule has 0 aromatic carbocycles. The molecular weight excluding hydrogens is 238 g/mol. The van der Waals surface area contributed by atoms with Gasteiger partial charge in [0.15, 0.2) is 5.82 Å². The topological polar surface area (TPSA) is 47.0 Å². The third-order valence-electron chi connectivity index (χ3n) is 3.24. The van der Waals surface area contributed by atoms with Crippen LogP contribution in [0.4, 0.5) is 5.82 Å². The fourth-order valence-corrected chi connectivity index (χ4v) is 2.23. The van der Waals surface area contributed by atoms with Gasteiger partial charge in [0, 0.05) is 24.9 Å². The highest BCUT2D eigenvalue weighted by molar-refractivity contribution is 5.46. The van der Waals surface area contributed by atoms with Crippen molar-refractivity contribution in [2.45, 2.75) is 53.6 Å². The minimum Gasteiger partial charge on any atom is -0.373 e. The van der Waals surface area contributed by atoms with Crippen LogP contribution in [-0.2, 0) is 11.2 Å². The lowest BCUT2D eigenvalue weighted by atomic mass is 10.1. The third kappa shape index (κ3) is 3.90. The number of hydrogen-bond donors (Lipinski definition) is 1. The van der Waals surface area contributed by atoms with Crippen molar-refractivity contribution in [1.82, 2.24) is 9.97 Å². The van der Waals surface area contributed by atoms with Crippen molar-refractivity contribution in [2.75, 3.05) is 19.0 Å². The molecule has 0 amide bonds. The number of rotatable bonds is 7. The van der Waals surface area contributed by atoms with E-state index >= 15 is 0 Å². The summed E-state index contributed by atoms with van der Waals surface area (Å²) in [5.41, 5.74) is 2.25. The second-order valence-electron chi connectivity index (χ2n) is 5.18. The second kappa shape index (κ2) is 7.43. The largest absolute Gasteiger partial charge is 0.373 e. The van der Waals surface area contributed by atoms with Gasteiger partial charge < -0.3 is 10.1 Å². The Kier molecular flexibility index (Phi) is 6.22. The van der Waals surface area contributed by atoms with Crippen LogP contribution >= 0.6 is 0 Å². The molecule has 0 radical (unpaired) electrons. The molecule has 4 heteroatoms. The van der Waals surface area contributed by atoms with E-state index in [1.807, 2.05) is 6.92 Å². The minimum absolute atomic E-state index is 0.0493. The Hall–Kier alpha value is -1.16. The lowest BCUT2D eigenvalue weighted by molar-refractivity contribution is 0.0574. The smallest absolute Gasteiger partial charge is 0.159 e. The molecule has 0 bridgehead atoms. The van der Waals surface area contributed by atoms with Crippen molar-refractivity contribution in [3.05, 3.63) is 17.1 Å². The minimum atomic E-state index is -0.0493. The lowest BCUT2D eigenvalue weighted by Crippen LogP contribution is -2.17. The van der Waals surface area contributed by atoms with Gasteiger partial charge in [0.2, 0.25) is 0 Å². The molecule has 1 aromatic rings. The molecule has 0 spiro atoms. The number of aromatic nitrogens is 2. The normalized spacial score (nSPS) is 12.8. The first-order chi connectivity index (χ1) is 9.04. The van der Waals surface area contributed by atoms with E-state index < -0.39 is 0 Å². The molecule has 0 aliphatic carbocycles. The zero-order valence-corrected chi connectivity index (χ0v) is 13.1. The van der Waals surface area contributed by atoms with Gasteiger partial charge in [0.05, 0.1) is 0 Å². The highest BCUT2D eigenvalue weighted by atomic mass is 16.5. The van der Waals surface area contributed by atoms with Crippen LogP contribution in [0.15, 0.2) is 0 Å². The maximum absolute atomic E-state index is 5.53. The maximum Gasteiger partial charge on any atom is 0.159 e. The monoisotopic (exact) mass is 265 g/mol. The molecule has 1 N–H and O–H groups in total. The van der Waals surface area contributed by atoms with Crippen LogP contribution < -0.4 is 5.32 Å². The van der Waals surface area contributed by atoms with Gasteiger partial charge in [-0.2, -0.15) is 0 Å². The van der Waals surface area contributed by atoms with Gasteiger partial charge in [0.25, 0.3) is 0 Å². The van der Waals surface area contributed by atoms with Crippen LogP contribution in [-0.4, -0.2) is 23.6 Å². The van der Waals surface area contributed by atoms with Crippen molar-refractivity contribution in [2.24, 2.45) is 5.92 Å². The molecule has 0 fully saturated rings. The van der Waals surface area contributed by atoms with Crippen LogP contribution in [0, 0.1) is 12.8 Å². The van der Waals surface area contributed by atoms with E-state index in [1.54, 1.807) is 7.11 Å². The summed E-state index contributed by atoms with van der Waals surface area (Å²) in [6, 6.07) is 0. The van der Waals surface area contributed by atoms with Gasteiger partial charge in [-0.3, -0.25) is 0 Å². The maximum atomic E-state index is 5.53. The van der Waals surface area contributed by atoms with E-state index in [9.17, 15) is 0 Å². The van der Waals surface area contributed by atoms with Crippen molar-refractivity contribution in [3.63, 3.8) is 0 Å². The Morgan fingerprint density at radius 1 is 1.21 bits per heavy atom. The molecule has 1 rings (SSSR count). The number of aryl methyl sites for hydroxylation is 1. The molecule has 1 atom stereocenters. The van der Waals surface area contributed by atoms with Crippen molar-refractivity contribution in [1.29, 1.82) is 0 Å². The number of nitrogens with one attached hydrogen (secondary N) is 1. The number of hydrogen-bond acceptors (Lipinski definition) is 4. The highest BCUT2D eigenvalue weighted by Crippen LogP contribution is 2.26. The van der Waals surface area contributed by atoms with Crippen LogP contribution in [0.1, 0.15) is 57.3 Å². The lowest BCUT2D eigenvalue weighted by Gasteiger charge is -2.20. The molecule has 1 heterocycles. The average molecular weight is 265 g/mol. The van der Waals surface area contributed by atoms with E-state index in [0.29, 0.717) is 5.92 Å². The molecule has 108 valence electrons. The zero-order valence-electron chi connectivity index (χ0n) is 13.1. The summed E-state index contributed by atoms with van der Waals surface area (Å²) in [6.45, 7) is 11.5. The summed E-state index contributed by atoms with van der Waals surface area (Å²) >= 11 is 0. The van der Waals surface area contributed by atoms with Crippen molar-refractivity contribution in [3.8, 4) is 0 Å². The molecule has 1 aromatic heterocycles. The molecule has 0 aliphatic rings. The fraction of sp³-hybridized carbons (Fsp3) is 0.733. The third-order valence-corrected chi connectivity index (χ3v) is 3.24. The molecule has 4 nitrogen and oxygen atoms in total. The van der Waals surface area contributed by atoms with Gasteiger partial charge in [0.1, 0.15) is 11.9 Å². The molecule has 1 unspecified atom stereocenters. The first-order valence-electron chi connectivity index (χ1n) is 7.19. The number of nitrogens with zero attached hydrogens (tertiary/aromatic N) is 2. The number of anilines is 1. The Bertz CT molecular complexity index is 405. The number of ether oxygens (including phenoxy) is 1. The van der Waals surface area contributed by atoms with Crippen LogP contribution in [0.3, 0.4) is 0 Å². The van der Waals surface area contributed by atoms with E-state index in [1.165, 1.54) is 5.56 Å². The summed E-state index contributed by atoms with van der Waals surface area (Å²) in [5.74, 6) is 2.11. The van der Waals surface area contributed by atoms with Crippen LogP contribution in [0.2, 0.25) is 0 Å². The van der Waals surface area contributed by atoms with E-state index in [4.69, 9.17) is 4.74 Å².